The maximum atomic E-state index is 11.0. The van der Waals surface area contributed by atoms with Crippen LogP contribution in [0, 0.1) is 0 Å². The van der Waals surface area contributed by atoms with Gasteiger partial charge in [0.1, 0.15) is 5.75 Å². The number of aromatic amines is 1. The number of benzene rings is 1. The van der Waals surface area contributed by atoms with E-state index >= 15 is 0 Å². The zero-order chi connectivity index (χ0) is 9.26. The van der Waals surface area contributed by atoms with Gasteiger partial charge in [-0.1, -0.05) is 6.07 Å². The molecule has 0 radical (unpaired) electrons. The average molecular weight is 175 g/mol. The van der Waals surface area contributed by atoms with Gasteiger partial charge in [0.05, 0.1) is 12.6 Å². The van der Waals surface area contributed by atoms with Crippen LogP contribution in [0.3, 0.4) is 0 Å². The van der Waals surface area contributed by atoms with Gasteiger partial charge in [0.2, 0.25) is 5.56 Å². The van der Waals surface area contributed by atoms with Gasteiger partial charge in [-0.05, 0) is 18.2 Å². The van der Waals surface area contributed by atoms with Crippen LogP contribution < -0.4 is 10.3 Å². The van der Waals surface area contributed by atoms with Crippen LogP contribution in [0.5, 0.6) is 5.75 Å². The van der Waals surface area contributed by atoms with Crippen molar-refractivity contribution in [3.63, 3.8) is 0 Å². The molecule has 66 valence electrons. The van der Waals surface area contributed by atoms with E-state index in [1.54, 1.807) is 13.2 Å². The molecule has 1 aromatic heterocycles. The molecule has 0 bridgehead atoms. The fraction of sp³-hybridized carbons (Fsp3) is 0.100. The highest BCUT2D eigenvalue weighted by Crippen LogP contribution is 2.21. The molecule has 0 spiro atoms. The number of fused-ring (bicyclic) bond motifs is 1. The average Bonchev–Trinajstić information content (AvgIpc) is 2.16. The Morgan fingerprint density at radius 2 is 2.08 bits per heavy atom. The fourth-order valence-corrected chi connectivity index (χ4v) is 1.34. The highest BCUT2D eigenvalue weighted by atomic mass is 16.5. The molecular weight excluding hydrogens is 166 g/mol. The summed E-state index contributed by atoms with van der Waals surface area (Å²) in [6, 6.07) is 8.80. The van der Waals surface area contributed by atoms with Crippen LogP contribution in [0.1, 0.15) is 0 Å². The monoisotopic (exact) mass is 175 g/mol. The van der Waals surface area contributed by atoms with E-state index in [1.165, 1.54) is 6.07 Å². The van der Waals surface area contributed by atoms with Crippen molar-refractivity contribution in [3.05, 3.63) is 40.7 Å². The Bertz CT molecular complexity index is 487. The molecule has 0 saturated carbocycles. The van der Waals surface area contributed by atoms with E-state index in [0.717, 1.165) is 16.7 Å². The molecule has 0 aliphatic heterocycles. The van der Waals surface area contributed by atoms with E-state index < -0.39 is 0 Å². The second-order valence-electron chi connectivity index (χ2n) is 2.74. The molecule has 13 heavy (non-hydrogen) atoms. The second kappa shape index (κ2) is 2.94. The number of rotatable bonds is 1. The van der Waals surface area contributed by atoms with Crippen LogP contribution >= 0.6 is 0 Å². The minimum Gasteiger partial charge on any atom is -0.496 e. The van der Waals surface area contributed by atoms with E-state index in [0.29, 0.717) is 0 Å². The van der Waals surface area contributed by atoms with Gasteiger partial charge in [0.25, 0.3) is 0 Å². The van der Waals surface area contributed by atoms with Gasteiger partial charge in [-0.2, -0.15) is 0 Å². The molecular formula is C10H9NO2. The van der Waals surface area contributed by atoms with Crippen molar-refractivity contribution in [2.45, 2.75) is 0 Å². The summed E-state index contributed by atoms with van der Waals surface area (Å²) in [5.41, 5.74) is 0.701. The Morgan fingerprint density at radius 3 is 2.85 bits per heavy atom. The van der Waals surface area contributed by atoms with Crippen LogP contribution in [0.25, 0.3) is 10.9 Å². The predicted octanol–water partition coefficient (Wildman–Crippen LogP) is 1.54. The quantitative estimate of drug-likeness (QED) is 0.714. The first-order chi connectivity index (χ1) is 6.31. The van der Waals surface area contributed by atoms with E-state index in [9.17, 15) is 4.79 Å². The van der Waals surface area contributed by atoms with E-state index in [4.69, 9.17) is 4.74 Å². The summed E-state index contributed by atoms with van der Waals surface area (Å²) in [6.45, 7) is 0. The number of H-pyrrole nitrogens is 1. The van der Waals surface area contributed by atoms with Crippen molar-refractivity contribution in [3.8, 4) is 5.75 Å². The lowest BCUT2D eigenvalue weighted by atomic mass is 10.2. The van der Waals surface area contributed by atoms with E-state index in [1.807, 2.05) is 18.2 Å². The molecule has 2 aromatic rings. The van der Waals surface area contributed by atoms with Crippen molar-refractivity contribution in [2.75, 3.05) is 7.11 Å². The largest absolute Gasteiger partial charge is 0.496 e. The highest BCUT2D eigenvalue weighted by Gasteiger charge is 1.99. The van der Waals surface area contributed by atoms with Crippen LogP contribution in [-0.2, 0) is 0 Å². The summed E-state index contributed by atoms with van der Waals surface area (Å²) in [7, 11) is 1.61. The van der Waals surface area contributed by atoms with Crippen LogP contribution in [0.2, 0.25) is 0 Å². The lowest BCUT2D eigenvalue weighted by Gasteiger charge is -2.03. The zero-order valence-corrected chi connectivity index (χ0v) is 7.20. The first kappa shape index (κ1) is 7.86. The molecule has 0 unspecified atom stereocenters. The Kier molecular flexibility index (Phi) is 1.77. The number of pyridine rings is 1. The van der Waals surface area contributed by atoms with Crippen LogP contribution in [-0.4, -0.2) is 12.1 Å². The Balaban J connectivity index is 2.85. The number of methoxy groups -OCH3 is 1. The third-order valence-corrected chi connectivity index (χ3v) is 1.95. The van der Waals surface area contributed by atoms with Crippen LogP contribution in [0.4, 0.5) is 0 Å². The van der Waals surface area contributed by atoms with Crippen molar-refractivity contribution in [1.29, 1.82) is 0 Å². The first-order valence-electron chi connectivity index (χ1n) is 3.97. The van der Waals surface area contributed by atoms with Crippen molar-refractivity contribution >= 4 is 10.9 Å². The molecule has 1 N–H and O–H groups in total. The molecule has 0 aliphatic rings. The van der Waals surface area contributed by atoms with Crippen molar-refractivity contribution in [1.82, 2.24) is 4.98 Å². The normalized spacial score (nSPS) is 10.2. The maximum Gasteiger partial charge on any atom is 0.248 e. The van der Waals surface area contributed by atoms with E-state index in [-0.39, 0.29) is 5.56 Å². The first-order valence-corrected chi connectivity index (χ1v) is 3.97. The van der Waals surface area contributed by atoms with Gasteiger partial charge in [-0.15, -0.1) is 0 Å². The standard InChI is InChI=1S/C10H9NO2/c1-13-9-4-2-3-8-7(9)5-6-10(12)11-8/h2-6H,1H3,(H,11,12). The van der Waals surface area contributed by atoms with Gasteiger partial charge in [0, 0.05) is 11.5 Å². The van der Waals surface area contributed by atoms with Gasteiger partial charge < -0.3 is 9.72 Å². The summed E-state index contributed by atoms with van der Waals surface area (Å²) in [6.07, 6.45) is 0. The molecule has 2 rings (SSSR count). The van der Waals surface area contributed by atoms with E-state index in [2.05, 4.69) is 4.98 Å². The summed E-state index contributed by atoms with van der Waals surface area (Å²) >= 11 is 0. The number of hydrogen-bond acceptors (Lipinski definition) is 2. The molecule has 3 nitrogen and oxygen atoms in total. The molecule has 1 aromatic carbocycles. The topological polar surface area (TPSA) is 42.1 Å². The molecule has 0 aliphatic carbocycles. The third-order valence-electron chi connectivity index (χ3n) is 1.95. The Labute approximate surface area is 75.0 Å². The minimum absolute atomic E-state index is 0.0965. The summed E-state index contributed by atoms with van der Waals surface area (Å²) < 4.78 is 5.15. The molecule has 0 amide bonds. The number of aromatic nitrogens is 1. The lowest BCUT2D eigenvalue weighted by Crippen LogP contribution is -2.02. The van der Waals surface area contributed by atoms with Gasteiger partial charge in [-0.3, -0.25) is 4.79 Å². The van der Waals surface area contributed by atoms with Gasteiger partial charge in [0.15, 0.2) is 0 Å². The van der Waals surface area contributed by atoms with Crippen molar-refractivity contribution < 1.29 is 4.74 Å². The van der Waals surface area contributed by atoms with Crippen LogP contribution in [0.15, 0.2) is 35.1 Å². The molecule has 1 heterocycles. The molecule has 0 saturated heterocycles. The molecule has 3 heteroatoms. The summed E-state index contributed by atoms with van der Waals surface area (Å²) in [5, 5.41) is 0.921. The number of ether oxygens (including phenoxy) is 1. The third kappa shape index (κ3) is 1.28. The number of hydrogen-bond donors (Lipinski definition) is 1. The molecule has 0 fully saturated rings. The SMILES string of the molecule is COc1cccc2[nH]c(=O)ccc12. The molecule has 0 atom stereocenters. The minimum atomic E-state index is -0.0965. The smallest absolute Gasteiger partial charge is 0.248 e. The van der Waals surface area contributed by atoms with Gasteiger partial charge in [-0.25, -0.2) is 0 Å². The lowest BCUT2D eigenvalue weighted by molar-refractivity contribution is 0.419. The Morgan fingerprint density at radius 1 is 1.23 bits per heavy atom. The highest BCUT2D eigenvalue weighted by molar-refractivity contribution is 5.84. The summed E-state index contributed by atoms with van der Waals surface area (Å²) in [4.78, 5) is 13.7. The summed E-state index contributed by atoms with van der Waals surface area (Å²) in [5.74, 6) is 0.772. The second-order valence-corrected chi connectivity index (χ2v) is 2.74. The Hall–Kier alpha value is -1.77. The number of nitrogens with one attached hydrogen (secondary N) is 1. The van der Waals surface area contributed by atoms with Crippen molar-refractivity contribution in [2.24, 2.45) is 0 Å². The predicted molar refractivity (Wildman–Crippen MR) is 51.1 cm³/mol. The zero-order valence-electron chi connectivity index (χ0n) is 7.20. The fourth-order valence-electron chi connectivity index (χ4n) is 1.34. The van der Waals surface area contributed by atoms with Gasteiger partial charge >= 0.3 is 0 Å². The maximum absolute atomic E-state index is 11.0.